The summed E-state index contributed by atoms with van der Waals surface area (Å²) < 4.78 is 16.7. The molecule has 3 rings (SSSR count). The Morgan fingerprint density at radius 3 is 2.61 bits per heavy atom. The van der Waals surface area contributed by atoms with Gasteiger partial charge in [0.2, 0.25) is 5.88 Å². The maximum Gasteiger partial charge on any atom is 0.330 e. The molecule has 33 heavy (non-hydrogen) atoms. The van der Waals surface area contributed by atoms with E-state index in [0.717, 1.165) is 29.5 Å². The Hall–Kier alpha value is -3.02. The second-order valence-electron chi connectivity index (χ2n) is 7.32. The van der Waals surface area contributed by atoms with Gasteiger partial charge < -0.3 is 14.2 Å². The number of carbonyl (C=O) groups is 1. The minimum absolute atomic E-state index is 0.341. The van der Waals surface area contributed by atoms with Gasteiger partial charge >= 0.3 is 5.97 Å². The van der Waals surface area contributed by atoms with Gasteiger partial charge in [-0.2, -0.15) is 0 Å². The van der Waals surface area contributed by atoms with Crippen molar-refractivity contribution in [3.63, 3.8) is 0 Å². The first-order chi connectivity index (χ1) is 16.0. The van der Waals surface area contributed by atoms with E-state index < -0.39 is 0 Å². The van der Waals surface area contributed by atoms with Crippen molar-refractivity contribution in [3.8, 4) is 17.4 Å². The summed E-state index contributed by atoms with van der Waals surface area (Å²) >= 11 is 12.6. The molecule has 0 aliphatic carbocycles. The number of aromatic nitrogens is 1. The standard InChI is InChI=1S/C26H25Cl2NO4/c1-3-4-13-31-25(30)12-9-19-14-18(2)26(23(28)15-19)33-24-11-10-21(16-29-24)32-17-20-7-5-6-8-22(20)27/h5-12,14-16H,3-4,13,17H2,1-2H3/b12-9+. The summed E-state index contributed by atoms with van der Waals surface area (Å²) in [5, 5.41) is 1.07. The van der Waals surface area contributed by atoms with Gasteiger partial charge in [-0.25, -0.2) is 9.78 Å². The summed E-state index contributed by atoms with van der Waals surface area (Å²) in [7, 11) is 0. The second-order valence-corrected chi connectivity index (χ2v) is 8.13. The molecule has 1 aromatic heterocycles. The summed E-state index contributed by atoms with van der Waals surface area (Å²) in [5.41, 5.74) is 2.47. The van der Waals surface area contributed by atoms with Crippen LogP contribution in [0.15, 0.2) is 60.8 Å². The molecule has 1 heterocycles. The monoisotopic (exact) mass is 485 g/mol. The van der Waals surface area contributed by atoms with E-state index in [1.165, 1.54) is 6.08 Å². The van der Waals surface area contributed by atoms with E-state index in [1.807, 2.05) is 44.2 Å². The van der Waals surface area contributed by atoms with Crippen LogP contribution in [0.3, 0.4) is 0 Å². The van der Waals surface area contributed by atoms with E-state index in [0.29, 0.717) is 40.6 Å². The molecule has 0 unspecified atom stereocenters. The molecule has 0 aliphatic heterocycles. The zero-order valence-electron chi connectivity index (χ0n) is 18.5. The Balaban J connectivity index is 1.61. The lowest BCUT2D eigenvalue weighted by molar-refractivity contribution is -0.137. The van der Waals surface area contributed by atoms with Crippen LogP contribution in [0, 0.1) is 6.92 Å². The van der Waals surface area contributed by atoms with Crippen LogP contribution in [0.25, 0.3) is 6.08 Å². The van der Waals surface area contributed by atoms with Crippen molar-refractivity contribution < 1.29 is 19.0 Å². The number of pyridine rings is 1. The topological polar surface area (TPSA) is 57.7 Å². The van der Waals surface area contributed by atoms with Crippen LogP contribution in [0.4, 0.5) is 0 Å². The number of unbranched alkanes of at least 4 members (excludes halogenated alkanes) is 1. The average Bonchev–Trinajstić information content (AvgIpc) is 2.80. The molecule has 2 aromatic carbocycles. The fourth-order valence-corrected chi connectivity index (χ4v) is 3.41. The maximum absolute atomic E-state index is 11.7. The zero-order valence-corrected chi connectivity index (χ0v) is 20.0. The fraction of sp³-hybridized carbons (Fsp3) is 0.231. The summed E-state index contributed by atoms with van der Waals surface area (Å²) in [6.07, 6.45) is 6.46. The van der Waals surface area contributed by atoms with Gasteiger partial charge in [0.05, 0.1) is 17.8 Å². The number of hydrogen-bond acceptors (Lipinski definition) is 5. The van der Waals surface area contributed by atoms with Crippen LogP contribution < -0.4 is 9.47 Å². The van der Waals surface area contributed by atoms with Crippen molar-refractivity contribution in [1.82, 2.24) is 4.98 Å². The summed E-state index contributed by atoms with van der Waals surface area (Å²) in [5.74, 6) is 1.10. The highest BCUT2D eigenvalue weighted by Gasteiger charge is 2.10. The molecule has 0 saturated heterocycles. The van der Waals surface area contributed by atoms with E-state index in [9.17, 15) is 4.79 Å². The summed E-state index contributed by atoms with van der Waals surface area (Å²) in [4.78, 5) is 16.0. The lowest BCUT2D eigenvalue weighted by Gasteiger charge is -2.12. The van der Waals surface area contributed by atoms with E-state index in [-0.39, 0.29) is 5.97 Å². The van der Waals surface area contributed by atoms with Crippen LogP contribution in [0.5, 0.6) is 17.4 Å². The van der Waals surface area contributed by atoms with Crippen LogP contribution in [-0.4, -0.2) is 17.6 Å². The third-order valence-electron chi connectivity index (χ3n) is 4.67. The lowest BCUT2D eigenvalue weighted by atomic mass is 10.1. The number of halogens is 2. The van der Waals surface area contributed by atoms with Crippen molar-refractivity contribution in [1.29, 1.82) is 0 Å². The van der Waals surface area contributed by atoms with Gasteiger partial charge in [0.15, 0.2) is 5.75 Å². The highest BCUT2D eigenvalue weighted by molar-refractivity contribution is 6.32. The zero-order chi connectivity index (χ0) is 23.6. The number of hydrogen-bond donors (Lipinski definition) is 0. The molecular formula is C26H25Cl2NO4. The molecule has 3 aromatic rings. The highest BCUT2D eigenvalue weighted by atomic mass is 35.5. The van der Waals surface area contributed by atoms with Crippen molar-refractivity contribution in [3.05, 3.63) is 87.5 Å². The molecule has 0 spiro atoms. The molecule has 5 nitrogen and oxygen atoms in total. The number of nitrogens with zero attached hydrogens (tertiary/aromatic N) is 1. The molecule has 0 bridgehead atoms. The van der Waals surface area contributed by atoms with Gasteiger partial charge in [-0.15, -0.1) is 0 Å². The van der Waals surface area contributed by atoms with Crippen LogP contribution in [0.2, 0.25) is 10.0 Å². The van der Waals surface area contributed by atoms with Crippen molar-refractivity contribution in [2.75, 3.05) is 6.61 Å². The quantitative estimate of drug-likeness (QED) is 0.170. The van der Waals surface area contributed by atoms with Crippen LogP contribution in [0.1, 0.15) is 36.5 Å². The molecule has 0 saturated carbocycles. The summed E-state index contributed by atoms with van der Waals surface area (Å²) in [6.45, 7) is 4.67. The van der Waals surface area contributed by atoms with Gasteiger partial charge in [-0.3, -0.25) is 0 Å². The molecule has 0 atom stereocenters. The van der Waals surface area contributed by atoms with Crippen molar-refractivity contribution >= 4 is 35.2 Å². The first-order valence-corrected chi connectivity index (χ1v) is 11.4. The van der Waals surface area contributed by atoms with E-state index in [4.69, 9.17) is 37.4 Å². The van der Waals surface area contributed by atoms with Gasteiger partial charge in [-0.05, 0) is 54.8 Å². The van der Waals surface area contributed by atoms with Crippen LogP contribution in [-0.2, 0) is 16.1 Å². The number of rotatable bonds is 10. The molecular weight excluding hydrogens is 461 g/mol. The molecule has 7 heteroatoms. The Labute approximate surface area is 203 Å². The highest BCUT2D eigenvalue weighted by Crippen LogP contribution is 2.34. The van der Waals surface area contributed by atoms with Crippen molar-refractivity contribution in [2.45, 2.75) is 33.3 Å². The third kappa shape index (κ3) is 7.52. The Bertz CT molecular complexity index is 1090. The normalized spacial score (nSPS) is 10.9. The molecule has 172 valence electrons. The molecule has 0 amide bonds. The Kier molecular flexibility index (Phi) is 9.16. The molecule has 0 aliphatic rings. The number of ether oxygens (including phenoxy) is 3. The van der Waals surface area contributed by atoms with E-state index in [1.54, 1.807) is 30.5 Å². The molecule has 0 radical (unpaired) electrons. The number of aryl methyl sites for hydroxylation is 1. The Morgan fingerprint density at radius 2 is 1.91 bits per heavy atom. The Morgan fingerprint density at radius 1 is 1.09 bits per heavy atom. The minimum Gasteiger partial charge on any atom is -0.487 e. The van der Waals surface area contributed by atoms with Gasteiger partial charge in [-0.1, -0.05) is 54.7 Å². The molecule has 0 fully saturated rings. The minimum atomic E-state index is -0.376. The van der Waals surface area contributed by atoms with Gasteiger partial charge in [0.1, 0.15) is 12.4 Å². The van der Waals surface area contributed by atoms with E-state index >= 15 is 0 Å². The van der Waals surface area contributed by atoms with Gasteiger partial charge in [0.25, 0.3) is 0 Å². The maximum atomic E-state index is 11.7. The smallest absolute Gasteiger partial charge is 0.330 e. The largest absolute Gasteiger partial charge is 0.487 e. The summed E-state index contributed by atoms with van der Waals surface area (Å²) in [6, 6.07) is 14.6. The fourth-order valence-electron chi connectivity index (χ4n) is 2.91. The second kappa shape index (κ2) is 12.3. The van der Waals surface area contributed by atoms with E-state index in [2.05, 4.69) is 4.98 Å². The number of esters is 1. The number of carbonyl (C=O) groups excluding carboxylic acids is 1. The SMILES string of the molecule is CCCCOC(=O)/C=C/c1cc(C)c(Oc2ccc(OCc3ccccc3Cl)cn2)c(Cl)c1. The number of benzene rings is 2. The lowest BCUT2D eigenvalue weighted by Crippen LogP contribution is -2.01. The predicted octanol–water partition coefficient (Wildman–Crippen LogP) is 7.42. The first-order valence-electron chi connectivity index (χ1n) is 10.6. The molecule has 0 N–H and O–H groups in total. The predicted molar refractivity (Wildman–Crippen MR) is 131 cm³/mol. The first kappa shape index (κ1) is 24.6. The average molecular weight is 486 g/mol. The van der Waals surface area contributed by atoms with Crippen molar-refractivity contribution in [2.24, 2.45) is 0 Å². The van der Waals surface area contributed by atoms with Gasteiger partial charge in [0, 0.05) is 22.7 Å². The van der Waals surface area contributed by atoms with Crippen LogP contribution >= 0.6 is 23.2 Å². The third-order valence-corrected chi connectivity index (χ3v) is 5.32.